The third-order valence-corrected chi connectivity index (χ3v) is 3.22. The van der Waals surface area contributed by atoms with Crippen molar-refractivity contribution in [2.24, 2.45) is 0 Å². The quantitative estimate of drug-likeness (QED) is 0.859. The molecule has 1 N–H and O–H groups in total. The molecule has 16 heavy (non-hydrogen) atoms. The van der Waals surface area contributed by atoms with Gasteiger partial charge < -0.3 is 4.74 Å². The number of carbonyl (C=O) groups excluding carboxylic acids is 1. The van der Waals surface area contributed by atoms with E-state index in [4.69, 9.17) is 16.3 Å². The molecule has 0 bridgehead atoms. The molecular formula is C10H9ClN2O2S. The molecule has 0 aliphatic rings. The van der Waals surface area contributed by atoms with Crippen molar-refractivity contribution >= 4 is 28.9 Å². The number of hydrogen-bond acceptors (Lipinski definition) is 4. The number of carbonyl (C=O) groups is 1. The number of rotatable bonds is 3. The maximum Gasteiger partial charge on any atom is 0.357 e. The Morgan fingerprint density at radius 2 is 2.44 bits per heavy atom. The molecule has 0 fully saturated rings. The number of aromatic amines is 1. The van der Waals surface area contributed by atoms with E-state index in [0.717, 1.165) is 10.4 Å². The van der Waals surface area contributed by atoms with Gasteiger partial charge in [-0.05, 0) is 19.1 Å². The lowest BCUT2D eigenvalue weighted by Crippen LogP contribution is -2.06. The van der Waals surface area contributed by atoms with E-state index < -0.39 is 5.97 Å². The van der Waals surface area contributed by atoms with Crippen LogP contribution in [0.25, 0.3) is 10.4 Å². The van der Waals surface area contributed by atoms with Gasteiger partial charge in [-0.15, -0.1) is 11.3 Å². The minimum Gasteiger partial charge on any atom is -0.461 e. The van der Waals surface area contributed by atoms with Gasteiger partial charge >= 0.3 is 5.97 Å². The molecule has 2 rings (SSSR count). The zero-order valence-electron chi connectivity index (χ0n) is 8.49. The van der Waals surface area contributed by atoms with Crippen molar-refractivity contribution in [3.05, 3.63) is 28.4 Å². The summed E-state index contributed by atoms with van der Waals surface area (Å²) < 4.78 is 5.59. The smallest absolute Gasteiger partial charge is 0.357 e. The summed E-state index contributed by atoms with van der Waals surface area (Å²) in [6.45, 7) is 2.10. The van der Waals surface area contributed by atoms with Gasteiger partial charge in [0.15, 0.2) is 5.69 Å². The lowest BCUT2D eigenvalue weighted by molar-refractivity contribution is 0.0520. The molecule has 0 aliphatic carbocycles. The molecule has 2 heterocycles. The molecule has 2 aromatic rings. The van der Waals surface area contributed by atoms with Crippen LogP contribution in [0.5, 0.6) is 0 Å². The average molecular weight is 257 g/mol. The minimum absolute atomic E-state index is 0.336. The number of H-pyrrole nitrogens is 1. The Kier molecular flexibility index (Phi) is 3.26. The van der Waals surface area contributed by atoms with Crippen LogP contribution in [0.1, 0.15) is 17.4 Å². The number of thiophene rings is 1. The van der Waals surface area contributed by atoms with Crippen molar-refractivity contribution in [1.29, 1.82) is 0 Å². The lowest BCUT2D eigenvalue weighted by Gasteiger charge is -2.00. The van der Waals surface area contributed by atoms with Crippen LogP contribution >= 0.6 is 22.9 Å². The van der Waals surface area contributed by atoms with Crippen molar-refractivity contribution in [1.82, 2.24) is 10.2 Å². The molecule has 4 nitrogen and oxygen atoms in total. The summed E-state index contributed by atoms with van der Waals surface area (Å²) in [5.41, 5.74) is 1.08. The largest absolute Gasteiger partial charge is 0.461 e. The number of hydrogen-bond donors (Lipinski definition) is 1. The maximum atomic E-state index is 11.6. The maximum absolute atomic E-state index is 11.6. The Labute approximate surface area is 101 Å². The first-order valence-corrected chi connectivity index (χ1v) is 5.88. The van der Waals surface area contributed by atoms with E-state index in [0.29, 0.717) is 16.6 Å². The first kappa shape index (κ1) is 11.2. The molecule has 2 aromatic heterocycles. The molecular weight excluding hydrogens is 248 g/mol. The van der Waals surface area contributed by atoms with E-state index in [1.165, 1.54) is 11.3 Å². The molecule has 6 heteroatoms. The predicted octanol–water partition coefficient (Wildman–Crippen LogP) is 2.97. The summed E-state index contributed by atoms with van der Waals surface area (Å²) in [6, 6.07) is 3.63. The van der Waals surface area contributed by atoms with Crippen LogP contribution < -0.4 is 0 Å². The number of aromatic nitrogens is 2. The van der Waals surface area contributed by atoms with Crippen molar-refractivity contribution in [2.45, 2.75) is 6.92 Å². The van der Waals surface area contributed by atoms with Crippen molar-refractivity contribution in [3.8, 4) is 10.4 Å². The van der Waals surface area contributed by atoms with Crippen molar-refractivity contribution in [3.63, 3.8) is 0 Å². The van der Waals surface area contributed by atoms with E-state index in [1.54, 1.807) is 19.2 Å². The number of esters is 1. The summed E-state index contributed by atoms with van der Waals surface area (Å²) >= 11 is 7.23. The Morgan fingerprint density at radius 1 is 1.62 bits per heavy atom. The highest BCUT2D eigenvalue weighted by molar-refractivity contribution is 7.19. The molecule has 84 valence electrons. The van der Waals surface area contributed by atoms with Crippen LogP contribution in [0.2, 0.25) is 4.34 Å². The molecule has 0 aliphatic heterocycles. The van der Waals surface area contributed by atoms with Gasteiger partial charge in [-0.25, -0.2) is 4.79 Å². The number of halogens is 1. The highest BCUT2D eigenvalue weighted by atomic mass is 35.5. The highest BCUT2D eigenvalue weighted by Gasteiger charge is 2.17. The predicted molar refractivity (Wildman–Crippen MR) is 62.9 cm³/mol. The highest BCUT2D eigenvalue weighted by Crippen LogP contribution is 2.32. The summed E-state index contributed by atoms with van der Waals surface area (Å²) in [5.74, 6) is -0.403. The molecule has 0 unspecified atom stereocenters. The first-order valence-electron chi connectivity index (χ1n) is 4.68. The van der Waals surface area contributed by atoms with E-state index >= 15 is 0 Å². The Hall–Kier alpha value is -1.33. The summed E-state index contributed by atoms with van der Waals surface area (Å²) in [7, 11) is 0. The van der Waals surface area contributed by atoms with Gasteiger partial charge in [0.05, 0.1) is 17.1 Å². The molecule has 0 saturated carbocycles. The molecule has 0 radical (unpaired) electrons. The second-order valence-electron chi connectivity index (χ2n) is 2.98. The van der Waals surface area contributed by atoms with Crippen LogP contribution in [-0.4, -0.2) is 22.8 Å². The third kappa shape index (κ3) is 2.10. The monoisotopic (exact) mass is 256 g/mol. The van der Waals surface area contributed by atoms with Gasteiger partial charge in [-0.3, -0.25) is 5.10 Å². The third-order valence-electron chi connectivity index (χ3n) is 1.96. The van der Waals surface area contributed by atoms with E-state index in [-0.39, 0.29) is 0 Å². The fraction of sp³-hybridized carbons (Fsp3) is 0.200. The van der Waals surface area contributed by atoms with Crippen LogP contribution in [0.15, 0.2) is 18.3 Å². The summed E-state index contributed by atoms with van der Waals surface area (Å²) in [4.78, 5) is 12.5. The van der Waals surface area contributed by atoms with E-state index in [9.17, 15) is 4.79 Å². The Balaban J connectivity index is 2.36. The van der Waals surface area contributed by atoms with Crippen LogP contribution in [0, 0.1) is 0 Å². The van der Waals surface area contributed by atoms with E-state index in [1.807, 2.05) is 6.07 Å². The molecule has 0 atom stereocenters. The SMILES string of the molecule is CCOC(=O)c1[nH]ncc1-c1ccc(Cl)s1. The van der Waals surface area contributed by atoms with Crippen LogP contribution in [0.4, 0.5) is 0 Å². The van der Waals surface area contributed by atoms with Crippen LogP contribution in [-0.2, 0) is 4.74 Å². The Morgan fingerprint density at radius 3 is 3.06 bits per heavy atom. The zero-order valence-corrected chi connectivity index (χ0v) is 10.1. The fourth-order valence-corrected chi connectivity index (χ4v) is 2.35. The van der Waals surface area contributed by atoms with Crippen molar-refractivity contribution in [2.75, 3.05) is 6.61 Å². The minimum atomic E-state index is -0.403. The molecule has 0 spiro atoms. The molecule has 0 aromatic carbocycles. The summed E-state index contributed by atoms with van der Waals surface area (Å²) in [5, 5.41) is 6.49. The average Bonchev–Trinajstić information content (AvgIpc) is 2.85. The lowest BCUT2D eigenvalue weighted by atomic mass is 10.2. The van der Waals surface area contributed by atoms with Gasteiger partial charge in [-0.1, -0.05) is 11.6 Å². The second-order valence-corrected chi connectivity index (χ2v) is 4.70. The Bertz CT molecular complexity index is 506. The fourth-order valence-electron chi connectivity index (χ4n) is 1.29. The van der Waals surface area contributed by atoms with Crippen LogP contribution in [0.3, 0.4) is 0 Å². The van der Waals surface area contributed by atoms with Crippen molar-refractivity contribution < 1.29 is 9.53 Å². The standard InChI is InChI=1S/C10H9ClN2O2S/c1-2-15-10(14)9-6(5-12-13-9)7-3-4-8(11)16-7/h3-5H,2H2,1H3,(H,12,13). The van der Waals surface area contributed by atoms with Gasteiger partial charge in [0.25, 0.3) is 0 Å². The topological polar surface area (TPSA) is 55.0 Å². The second kappa shape index (κ2) is 4.67. The number of nitrogens with zero attached hydrogens (tertiary/aromatic N) is 1. The normalized spacial score (nSPS) is 10.4. The van der Waals surface area contributed by atoms with Gasteiger partial charge in [0, 0.05) is 10.4 Å². The zero-order chi connectivity index (χ0) is 11.5. The van der Waals surface area contributed by atoms with Gasteiger partial charge in [0.2, 0.25) is 0 Å². The molecule has 0 amide bonds. The summed E-state index contributed by atoms with van der Waals surface area (Å²) in [6.07, 6.45) is 1.59. The van der Waals surface area contributed by atoms with Gasteiger partial charge in [-0.2, -0.15) is 5.10 Å². The first-order chi connectivity index (χ1) is 7.72. The van der Waals surface area contributed by atoms with Gasteiger partial charge in [0.1, 0.15) is 0 Å². The number of nitrogens with one attached hydrogen (secondary N) is 1. The van der Waals surface area contributed by atoms with E-state index in [2.05, 4.69) is 10.2 Å². The number of ether oxygens (including phenoxy) is 1. The molecule has 0 saturated heterocycles.